The van der Waals surface area contributed by atoms with E-state index in [9.17, 15) is 0 Å². The van der Waals surface area contributed by atoms with Gasteiger partial charge in [-0.3, -0.25) is 0 Å². The molecule has 0 aliphatic rings. The molecule has 0 amide bonds. The predicted octanol–water partition coefficient (Wildman–Crippen LogP) is 2.76. The van der Waals surface area contributed by atoms with Crippen LogP contribution in [0.4, 0.5) is 0 Å². The van der Waals surface area contributed by atoms with E-state index in [1.807, 2.05) is 13.0 Å². The van der Waals surface area contributed by atoms with Crippen LogP contribution >= 0.6 is 0 Å². The van der Waals surface area contributed by atoms with Gasteiger partial charge in [0.15, 0.2) is 0 Å². The number of aryl methyl sites for hydroxylation is 1. The number of benzene rings is 1. The Morgan fingerprint density at radius 2 is 1.94 bits per heavy atom. The van der Waals surface area contributed by atoms with Gasteiger partial charge in [-0.05, 0) is 38.2 Å². The minimum atomic E-state index is 0.306. The summed E-state index contributed by atoms with van der Waals surface area (Å²) >= 11 is 0. The Kier molecular flexibility index (Phi) is 6.86. The lowest BCUT2D eigenvalue weighted by Crippen LogP contribution is -2.21. The first-order chi connectivity index (χ1) is 7.83. The molecule has 0 saturated heterocycles. The van der Waals surface area contributed by atoms with Gasteiger partial charge in [-0.2, -0.15) is 0 Å². The zero-order chi connectivity index (χ0) is 11.6. The van der Waals surface area contributed by atoms with Gasteiger partial charge < -0.3 is 10.5 Å². The highest BCUT2D eigenvalue weighted by molar-refractivity contribution is 5.14. The highest BCUT2D eigenvalue weighted by atomic mass is 16.5. The van der Waals surface area contributed by atoms with Gasteiger partial charge in [-0.1, -0.05) is 30.3 Å². The van der Waals surface area contributed by atoms with E-state index in [0.717, 1.165) is 38.9 Å². The average Bonchev–Trinajstić information content (AvgIpc) is 2.33. The van der Waals surface area contributed by atoms with Crippen molar-refractivity contribution in [2.24, 2.45) is 5.73 Å². The summed E-state index contributed by atoms with van der Waals surface area (Å²) in [5.74, 6) is 0. The smallest absolute Gasteiger partial charge is 0.0466 e. The van der Waals surface area contributed by atoms with Crippen molar-refractivity contribution in [3.05, 3.63) is 35.9 Å². The van der Waals surface area contributed by atoms with Gasteiger partial charge in [0.2, 0.25) is 0 Å². The van der Waals surface area contributed by atoms with Crippen LogP contribution in [-0.4, -0.2) is 19.3 Å². The Hall–Kier alpha value is -0.860. The van der Waals surface area contributed by atoms with Gasteiger partial charge in [0.25, 0.3) is 0 Å². The van der Waals surface area contributed by atoms with E-state index in [0.29, 0.717) is 6.04 Å². The first-order valence-corrected chi connectivity index (χ1v) is 6.20. The second-order valence-corrected chi connectivity index (χ2v) is 4.12. The normalized spacial score (nSPS) is 12.6. The maximum Gasteiger partial charge on any atom is 0.0466 e. The number of nitrogens with two attached hydrogens (primary N) is 1. The number of ether oxygens (including phenoxy) is 1. The average molecular weight is 221 g/mol. The predicted molar refractivity (Wildman–Crippen MR) is 68.5 cm³/mol. The Morgan fingerprint density at radius 3 is 2.62 bits per heavy atom. The lowest BCUT2D eigenvalue weighted by Gasteiger charge is -2.11. The molecule has 0 spiro atoms. The molecule has 0 radical (unpaired) electrons. The fourth-order valence-electron chi connectivity index (χ4n) is 1.73. The van der Waals surface area contributed by atoms with Crippen molar-refractivity contribution >= 4 is 0 Å². The van der Waals surface area contributed by atoms with E-state index >= 15 is 0 Å². The van der Waals surface area contributed by atoms with Crippen molar-refractivity contribution < 1.29 is 4.74 Å². The third kappa shape index (κ3) is 5.89. The maximum atomic E-state index is 6.05. The topological polar surface area (TPSA) is 35.2 Å². The molecule has 1 aromatic carbocycles. The molecule has 2 heteroatoms. The van der Waals surface area contributed by atoms with Crippen LogP contribution in [0.15, 0.2) is 30.3 Å². The molecule has 90 valence electrons. The molecule has 2 nitrogen and oxygen atoms in total. The zero-order valence-corrected chi connectivity index (χ0v) is 10.2. The molecule has 2 N–H and O–H groups in total. The summed E-state index contributed by atoms with van der Waals surface area (Å²) in [5, 5.41) is 0. The Labute approximate surface area is 98.8 Å². The Bertz CT molecular complexity index is 261. The first-order valence-electron chi connectivity index (χ1n) is 6.20. The van der Waals surface area contributed by atoms with Crippen molar-refractivity contribution in [3.8, 4) is 0 Å². The molecule has 1 rings (SSSR count). The standard InChI is InChI=1S/C14H23NO/c1-2-16-12-6-9-14(15)11-10-13-7-4-3-5-8-13/h3-5,7-8,14H,2,6,9-12,15H2,1H3. The van der Waals surface area contributed by atoms with Gasteiger partial charge in [-0.25, -0.2) is 0 Å². The lowest BCUT2D eigenvalue weighted by molar-refractivity contribution is 0.141. The molecule has 1 atom stereocenters. The van der Waals surface area contributed by atoms with E-state index in [4.69, 9.17) is 10.5 Å². The Balaban J connectivity index is 2.08. The van der Waals surface area contributed by atoms with Gasteiger partial charge in [0.05, 0.1) is 0 Å². The van der Waals surface area contributed by atoms with Crippen LogP contribution in [0.1, 0.15) is 31.7 Å². The van der Waals surface area contributed by atoms with Crippen LogP contribution in [0.2, 0.25) is 0 Å². The van der Waals surface area contributed by atoms with Crippen LogP contribution in [0.25, 0.3) is 0 Å². The summed E-state index contributed by atoms with van der Waals surface area (Å²) < 4.78 is 5.29. The largest absolute Gasteiger partial charge is 0.382 e. The number of rotatable bonds is 8. The van der Waals surface area contributed by atoms with Crippen molar-refractivity contribution in [1.82, 2.24) is 0 Å². The SMILES string of the molecule is CCOCCCC(N)CCc1ccccc1. The molecular formula is C14H23NO. The summed E-state index contributed by atoms with van der Waals surface area (Å²) in [6.45, 7) is 3.67. The van der Waals surface area contributed by atoms with Gasteiger partial charge in [-0.15, -0.1) is 0 Å². The summed E-state index contributed by atoms with van der Waals surface area (Å²) in [6.07, 6.45) is 4.28. The van der Waals surface area contributed by atoms with Gasteiger partial charge in [0, 0.05) is 19.3 Å². The summed E-state index contributed by atoms with van der Waals surface area (Å²) in [7, 11) is 0. The minimum Gasteiger partial charge on any atom is -0.382 e. The molecule has 1 unspecified atom stereocenters. The lowest BCUT2D eigenvalue weighted by atomic mass is 10.0. The molecule has 0 aliphatic heterocycles. The fraction of sp³-hybridized carbons (Fsp3) is 0.571. The molecule has 16 heavy (non-hydrogen) atoms. The first kappa shape index (κ1) is 13.2. The third-order valence-electron chi connectivity index (χ3n) is 2.71. The van der Waals surface area contributed by atoms with E-state index in [2.05, 4.69) is 24.3 Å². The second kappa shape index (κ2) is 8.31. The molecule has 0 fully saturated rings. The van der Waals surface area contributed by atoms with Crippen LogP contribution in [-0.2, 0) is 11.2 Å². The van der Waals surface area contributed by atoms with Crippen LogP contribution in [0.5, 0.6) is 0 Å². The number of hydrogen-bond acceptors (Lipinski definition) is 2. The van der Waals surface area contributed by atoms with E-state index < -0.39 is 0 Å². The molecule has 0 bridgehead atoms. The summed E-state index contributed by atoms with van der Waals surface area (Å²) in [6, 6.07) is 10.8. The third-order valence-corrected chi connectivity index (χ3v) is 2.71. The van der Waals surface area contributed by atoms with Crippen molar-refractivity contribution in [3.63, 3.8) is 0 Å². The molecule has 0 saturated carbocycles. The van der Waals surface area contributed by atoms with Crippen molar-refractivity contribution in [2.45, 2.75) is 38.6 Å². The molecule has 0 aliphatic carbocycles. The van der Waals surface area contributed by atoms with Crippen LogP contribution < -0.4 is 5.73 Å². The highest BCUT2D eigenvalue weighted by Gasteiger charge is 2.02. The Morgan fingerprint density at radius 1 is 1.19 bits per heavy atom. The van der Waals surface area contributed by atoms with E-state index in [-0.39, 0.29) is 0 Å². The monoisotopic (exact) mass is 221 g/mol. The van der Waals surface area contributed by atoms with Gasteiger partial charge in [0.1, 0.15) is 0 Å². The summed E-state index contributed by atoms with van der Waals surface area (Å²) in [5.41, 5.74) is 7.43. The highest BCUT2D eigenvalue weighted by Crippen LogP contribution is 2.07. The zero-order valence-electron chi connectivity index (χ0n) is 10.2. The van der Waals surface area contributed by atoms with Crippen molar-refractivity contribution in [2.75, 3.05) is 13.2 Å². The van der Waals surface area contributed by atoms with Gasteiger partial charge >= 0.3 is 0 Å². The minimum absolute atomic E-state index is 0.306. The fourth-order valence-corrected chi connectivity index (χ4v) is 1.73. The maximum absolute atomic E-state index is 6.05. The summed E-state index contributed by atoms with van der Waals surface area (Å²) in [4.78, 5) is 0. The van der Waals surface area contributed by atoms with Crippen LogP contribution in [0.3, 0.4) is 0 Å². The van der Waals surface area contributed by atoms with Crippen LogP contribution in [0, 0.1) is 0 Å². The molecule has 0 heterocycles. The number of hydrogen-bond donors (Lipinski definition) is 1. The van der Waals surface area contributed by atoms with Crippen molar-refractivity contribution in [1.29, 1.82) is 0 Å². The molecule has 1 aromatic rings. The second-order valence-electron chi connectivity index (χ2n) is 4.12. The molecule has 0 aromatic heterocycles. The molecular weight excluding hydrogens is 198 g/mol. The quantitative estimate of drug-likeness (QED) is 0.685. The van der Waals surface area contributed by atoms with E-state index in [1.165, 1.54) is 5.56 Å². The van der Waals surface area contributed by atoms with E-state index in [1.54, 1.807) is 0 Å².